The molecule has 29 heavy (non-hydrogen) atoms. The molecule has 7 heteroatoms. The van der Waals surface area contributed by atoms with Gasteiger partial charge in [0.05, 0.1) is 4.92 Å². The zero-order valence-electron chi connectivity index (χ0n) is 15.9. The second-order valence-corrected chi connectivity index (χ2v) is 7.82. The minimum Gasteiger partial charge on any atom is -0.379 e. The number of rotatable bonds is 6. The summed E-state index contributed by atoms with van der Waals surface area (Å²) in [7, 11) is 1.72. The predicted molar refractivity (Wildman–Crippen MR) is 108 cm³/mol. The molecule has 1 saturated carbocycles. The van der Waals surface area contributed by atoms with Crippen molar-refractivity contribution >= 4 is 17.2 Å². The molecule has 0 radical (unpaired) electrons. The zero-order valence-corrected chi connectivity index (χ0v) is 15.9. The van der Waals surface area contributed by atoms with Crippen LogP contribution in [0.5, 0.6) is 0 Å². The van der Waals surface area contributed by atoms with E-state index in [1.807, 2.05) is 0 Å². The average molecular weight is 388 g/mol. The minimum atomic E-state index is -0.444. The SMILES string of the molecule is Cn1ccnc1C(=O)c1ccc(NCC2C3Cc4ccccc4C23)c([N+](=O)[O-])c1. The van der Waals surface area contributed by atoms with Crippen LogP contribution < -0.4 is 5.32 Å². The third-order valence-corrected chi connectivity index (χ3v) is 6.21. The lowest BCUT2D eigenvalue weighted by molar-refractivity contribution is -0.384. The number of imidazole rings is 1. The monoisotopic (exact) mass is 388 g/mol. The van der Waals surface area contributed by atoms with Crippen LogP contribution in [0.3, 0.4) is 0 Å². The van der Waals surface area contributed by atoms with Gasteiger partial charge in [-0.3, -0.25) is 14.9 Å². The molecule has 1 N–H and O–H groups in total. The maximum absolute atomic E-state index is 12.6. The highest BCUT2D eigenvalue weighted by molar-refractivity contribution is 6.07. The van der Waals surface area contributed by atoms with Crippen molar-refractivity contribution in [1.29, 1.82) is 0 Å². The summed E-state index contributed by atoms with van der Waals surface area (Å²) in [6, 6.07) is 13.1. The standard InChI is InChI=1S/C22H20N4O3/c1-25-9-8-23-22(25)21(27)14-6-7-18(19(11-14)26(28)29)24-12-17-16-10-13-4-2-3-5-15(13)20(16)17/h2-9,11,16-17,20,24H,10,12H2,1H3. The molecule has 1 fully saturated rings. The fourth-order valence-electron chi connectivity index (χ4n) is 4.68. The molecule has 0 aliphatic heterocycles. The van der Waals surface area contributed by atoms with Crippen molar-refractivity contribution in [3.8, 4) is 0 Å². The van der Waals surface area contributed by atoms with Gasteiger partial charge in [-0.15, -0.1) is 0 Å². The molecule has 0 bridgehead atoms. The van der Waals surface area contributed by atoms with Gasteiger partial charge < -0.3 is 9.88 Å². The van der Waals surface area contributed by atoms with E-state index in [0.29, 0.717) is 30.0 Å². The van der Waals surface area contributed by atoms with Crippen LogP contribution in [0.1, 0.15) is 33.2 Å². The Balaban J connectivity index is 1.33. The summed E-state index contributed by atoms with van der Waals surface area (Å²) in [4.78, 5) is 27.8. The topological polar surface area (TPSA) is 90.1 Å². The van der Waals surface area contributed by atoms with Gasteiger partial charge in [0.1, 0.15) is 5.69 Å². The smallest absolute Gasteiger partial charge is 0.293 e. The number of anilines is 1. The number of carbonyl (C=O) groups excluding carboxylic acids is 1. The van der Waals surface area contributed by atoms with Crippen LogP contribution >= 0.6 is 0 Å². The molecule has 7 nitrogen and oxygen atoms in total. The summed E-state index contributed by atoms with van der Waals surface area (Å²) >= 11 is 0. The van der Waals surface area contributed by atoms with Gasteiger partial charge in [0.25, 0.3) is 5.69 Å². The van der Waals surface area contributed by atoms with Crippen LogP contribution in [0.2, 0.25) is 0 Å². The second-order valence-electron chi connectivity index (χ2n) is 7.82. The van der Waals surface area contributed by atoms with Crippen molar-refractivity contribution in [2.75, 3.05) is 11.9 Å². The Morgan fingerprint density at radius 1 is 1.31 bits per heavy atom. The van der Waals surface area contributed by atoms with E-state index in [0.717, 1.165) is 6.42 Å². The summed E-state index contributed by atoms with van der Waals surface area (Å²) < 4.78 is 1.60. The Hall–Kier alpha value is -3.48. The lowest BCUT2D eigenvalue weighted by Gasteiger charge is -2.11. The molecule has 1 heterocycles. The Kier molecular flexibility index (Phi) is 3.97. The molecular weight excluding hydrogens is 368 g/mol. The highest BCUT2D eigenvalue weighted by atomic mass is 16.6. The van der Waals surface area contributed by atoms with Gasteiger partial charge in [-0.05, 0) is 47.4 Å². The molecular formula is C22H20N4O3. The number of nitrogens with one attached hydrogen (secondary N) is 1. The quantitative estimate of drug-likeness (QED) is 0.396. The number of fused-ring (bicyclic) bond motifs is 3. The maximum Gasteiger partial charge on any atom is 0.293 e. The molecule has 5 rings (SSSR count). The molecule has 0 saturated heterocycles. The summed E-state index contributed by atoms with van der Waals surface area (Å²) in [6.07, 6.45) is 4.29. The lowest BCUT2D eigenvalue weighted by Crippen LogP contribution is -2.12. The minimum absolute atomic E-state index is 0.0868. The number of benzene rings is 2. The number of nitro benzene ring substituents is 1. The molecule has 2 aromatic carbocycles. The average Bonchev–Trinajstić information content (AvgIpc) is 3.03. The number of hydrogen-bond acceptors (Lipinski definition) is 5. The lowest BCUT2D eigenvalue weighted by atomic mass is 10.0. The Labute approximate surface area is 167 Å². The van der Waals surface area contributed by atoms with E-state index in [1.54, 1.807) is 29.9 Å². The van der Waals surface area contributed by atoms with Crippen LogP contribution in [-0.4, -0.2) is 26.8 Å². The number of nitrogens with zero attached hydrogens (tertiary/aromatic N) is 3. The summed E-state index contributed by atoms with van der Waals surface area (Å²) in [5.74, 6) is 1.61. The molecule has 2 aliphatic carbocycles. The zero-order chi connectivity index (χ0) is 20.1. The first-order valence-electron chi connectivity index (χ1n) is 9.66. The van der Waals surface area contributed by atoms with E-state index < -0.39 is 4.92 Å². The fraction of sp³-hybridized carbons (Fsp3) is 0.273. The van der Waals surface area contributed by atoms with Crippen molar-refractivity contribution < 1.29 is 9.72 Å². The van der Waals surface area contributed by atoms with Gasteiger partial charge in [0.2, 0.25) is 5.78 Å². The number of hydrogen-bond donors (Lipinski definition) is 1. The van der Waals surface area contributed by atoms with Crippen LogP contribution in [0.15, 0.2) is 54.9 Å². The van der Waals surface area contributed by atoms with Crippen LogP contribution in [0.4, 0.5) is 11.4 Å². The van der Waals surface area contributed by atoms with E-state index in [2.05, 4.69) is 34.6 Å². The Bertz CT molecular complexity index is 1140. The summed E-state index contributed by atoms with van der Waals surface area (Å²) in [5, 5.41) is 14.9. The molecule has 3 unspecified atom stereocenters. The second kappa shape index (κ2) is 6.55. The van der Waals surface area contributed by atoms with Crippen molar-refractivity contribution in [2.24, 2.45) is 18.9 Å². The van der Waals surface area contributed by atoms with Crippen LogP contribution in [-0.2, 0) is 13.5 Å². The van der Waals surface area contributed by atoms with E-state index in [9.17, 15) is 14.9 Å². The Morgan fingerprint density at radius 3 is 2.90 bits per heavy atom. The van der Waals surface area contributed by atoms with Gasteiger partial charge in [0, 0.05) is 37.6 Å². The summed E-state index contributed by atoms with van der Waals surface area (Å²) in [6.45, 7) is 0.692. The molecule has 0 amide bonds. The van der Waals surface area contributed by atoms with Crippen LogP contribution in [0, 0.1) is 22.0 Å². The third kappa shape index (κ3) is 2.90. The maximum atomic E-state index is 12.6. The number of aromatic nitrogens is 2. The normalized spacial score (nSPS) is 21.3. The number of carbonyl (C=O) groups is 1. The third-order valence-electron chi connectivity index (χ3n) is 6.21. The predicted octanol–water partition coefficient (Wildman–Crippen LogP) is 3.56. The molecule has 3 aromatic rings. The molecule has 146 valence electrons. The van der Waals surface area contributed by atoms with Crippen molar-refractivity contribution in [2.45, 2.75) is 12.3 Å². The number of nitro groups is 1. The van der Waals surface area contributed by atoms with Gasteiger partial charge in [-0.1, -0.05) is 24.3 Å². The number of aryl methyl sites for hydroxylation is 1. The van der Waals surface area contributed by atoms with Crippen molar-refractivity contribution in [3.05, 3.63) is 87.5 Å². The van der Waals surface area contributed by atoms with Gasteiger partial charge in [-0.2, -0.15) is 0 Å². The molecule has 0 spiro atoms. The highest BCUT2D eigenvalue weighted by Gasteiger charge is 2.54. The highest BCUT2D eigenvalue weighted by Crippen LogP contribution is 2.61. The summed E-state index contributed by atoms with van der Waals surface area (Å²) in [5.41, 5.74) is 3.48. The van der Waals surface area contributed by atoms with E-state index >= 15 is 0 Å². The van der Waals surface area contributed by atoms with Gasteiger partial charge >= 0.3 is 0 Å². The number of ketones is 1. The fourth-order valence-corrected chi connectivity index (χ4v) is 4.68. The first-order chi connectivity index (χ1) is 14.0. The molecule has 3 atom stereocenters. The van der Waals surface area contributed by atoms with E-state index in [1.165, 1.54) is 23.4 Å². The van der Waals surface area contributed by atoms with Crippen LogP contribution in [0.25, 0.3) is 0 Å². The Morgan fingerprint density at radius 2 is 2.14 bits per heavy atom. The molecule has 2 aliphatic rings. The molecule has 1 aromatic heterocycles. The van der Waals surface area contributed by atoms with Gasteiger partial charge in [-0.25, -0.2) is 4.98 Å². The van der Waals surface area contributed by atoms with Crippen molar-refractivity contribution in [1.82, 2.24) is 9.55 Å². The largest absolute Gasteiger partial charge is 0.379 e. The van der Waals surface area contributed by atoms with Crippen molar-refractivity contribution in [3.63, 3.8) is 0 Å². The van der Waals surface area contributed by atoms with E-state index in [-0.39, 0.29) is 22.9 Å². The van der Waals surface area contributed by atoms with E-state index in [4.69, 9.17) is 0 Å². The first-order valence-corrected chi connectivity index (χ1v) is 9.66. The first kappa shape index (κ1) is 17.6. The van der Waals surface area contributed by atoms with Gasteiger partial charge in [0.15, 0.2) is 5.82 Å².